The molecule has 58 valence electrons. The molecule has 2 N–H and O–H groups in total. The highest BCUT2D eigenvalue weighted by Crippen LogP contribution is 2.10. The number of terminal acetylenes is 1. The number of nitrogens with two attached hydrogens (primary N) is 1. The van der Waals surface area contributed by atoms with Crippen LogP contribution in [0.1, 0.15) is 17.1 Å². The molecule has 0 aromatic carbocycles. The van der Waals surface area contributed by atoms with Crippen molar-refractivity contribution in [2.24, 2.45) is 5.73 Å². The van der Waals surface area contributed by atoms with Gasteiger partial charge in [0.1, 0.15) is 5.69 Å². The first-order valence-electron chi connectivity index (χ1n) is 3.48. The van der Waals surface area contributed by atoms with E-state index in [-0.39, 0.29) is 0 Å². The zero-order valence-electron chi connectivity index (χ0n) is 6.21. The predicted octanol–water partition coefficient (Wildman–Crippen LogP) is 1.02. The first-order valence-corrected chi connectivity index (χ1v) is 4.36. The van der Waals surface area contributed by atoms with Crippen LogP contribution in [-0.2, 0) is 6.42 Å². The number of hydrogen-bond donors (Lipinski definition) is 1. The molecule has 1 heterocycles. The van der Waals surface area contributed by atoms with Crippen LogP contribution in [0.2, 0.25) is 0 Å². The van der Waals surface area contributed by atoms with Gasteiger partial charge in [-0.15, -0.1) is 17.8 Å². The second-order valence-corrected chi connectivity index (χ2v) is 3.11. The van der Waals surface area contributed by atoms with Crippen LogP contribution in [0.4, 0.5) is 0 Å². The summed E-state index contributed by atoms with van der Waals surface area (Å²) >= 11 is 1.60. The Morgan fingerprint density at radius 2 is 2.55 bits per heavy atom. The second kappa shape index (κ2) is 4.12. The fourth-order valence-corrected chi connectivity index (χ4v) is 1.53. The minimum absolute atomic E-state index is 0.713. The summed E-state index contributed by atoms with van der Waals surface area (Å²) in [6.45, 7) is 0.713. The van der Waals surface area contributed by atoms with Crippen molar-refractivity contribution in [2.75, 3.05) is 6.54 Å². The van der Waals surface area contributed by atoms with Crippen LogP contribution >= 0.6 is 11.3 Å². The number of aryl methyl sites for hydroxylation is 1. The Morgan fingerprint density at radius 3 is 3.09 bits per heavy atom. The molecule has 0 spiro atoms. The minimum Gasteiger partial charge on any atom is -0.330 e. The highest BCUT2D eigenvalue weighted by Gasteiger charge is 1.97. The highest BCUT2D eigenvalue weighted by molar-refractivity contribution is 7.09. The SMILES string of the molecule is C#Cc1csc(CCCN)n1. The van der Waals surface area contributed by atoms with Gasteiger partial charge < -0.3 is 5.73 Å². The van der Waals surface area contributed by atoms with Crippen LogP contribution in [-0.4, -0.2) is 11.5 Å². The van der Waals surface area contributed by atoms with E-state index in [0.29, 0.717) is 6.54 Å². The van der Waals surface area contributed by atoms with E-state index in [4.69, 9.17) is 12.2 Å². The summed E-state index contributed by atoms with van der Waals surface area (Å²) in [5, 5.41) is 2.98. The van der Waals surface area contributed by atoms with Gasteiger partial charge in [0.25, 0.3) is 0 Å². The topological polar surface area (TPSA) is 38.9 Å². The van der Waals surface area contributed by atoms with E-state index in [1.54, 1.807) is 11.3 Å². The van der Waals surface area contributed by atoms with Gasteiger partial charge in [-0.25, -0.2) is 4.98 Å². The summed E-state index contributed by atoms with van der Waals surface area (Å²) in [6.07, 6.45) is 7.09. The van der Waals surface area contributed by atoms with Gasteiger partial charge >= 0.3 is 0 Å². The van der Waals surface area contributed by atoms with Crippen molar-refractivity contribution < 1.29 is 0 Å². The van der Waals surface area contributed by atoms with Crippen LogP contribution < -0.4 is 5.73 Å². The lowest BCUT2D eigenvalue weighted by atomic mass is 10.3. The van der Waals surface area contributed by atoms with Crippen LogP contribution in [0.5, 0.6) is 0 Å². The summed E-state index contributed by atoms with van der Waals surface area (Å²) in [4.78, 5) is 4.19. The zero-order chi connectivity index (χ0) is 8.10. The Morgan fingerprint density at radius 1 is 1.73 bits per heavy atom. The van der Waals surface area contributed by atoms with E-state index in [1.807, 2.05) is 5.38 Å². The Balaban J connectivity index is 2.53. The van der Waals surface area contributed by atoms with Crippen molar-refractivity contribution in [2.45, 2.75) is 12.8 Å². The molecule has 0 fully saturated rings. The molecule has 0 unspecified atom stereocenters. The molecule has 0 radical (unpaired) electrons. The number of hydrogen-bond acceptors (Lipinski definition) is 3. The van der Waals surface area contributed by atoms with Gasteiger partial charge in [0.05, 0.1) is 5.01 Å². The van der Waals surface area contributed by atoms with E-state index >= 15 is 0 Å². The van der Waals surface area contributed by atoms with Gasteiger partial charge in [-0.05, 0) is 18.9 Å². The number of nitrogens with zero attached hydrogens (tertiary/aromatic N) is 1. The minimum atomic E-state index is 0.713. The molecule has 0 aliphatic heterocycles. The summed E-state index contributed by atoms with van der Waals surface area (Å²) in [5.74, 6) is 2.49. The van der Waals surface area contributed by atoms with Crippen LogP contribution in [0.25, 0.3) is 0 Å². The third-order valence-corrected chi connectivity index (χ3v) is 2.20. The van der Waals surface area contributed by atoms with Crippen molar-refractivity contribution in [3.63, 3.8) is 0 Å². The lowest BCUT2D eigenvalue weighted by Crippen LogP contribution is -1.99. The summed E-state index contributed by atoms with van der Waals surface area (Å²) in [7, 11) is 0. The van der Waals surface area contributed by atoms with Gasteiger partial charge in [0.15, 0.2) is 0 Å². The molecule has 11 heavy (non-hydrogen) atoms. The van der Waals surface area contributed by atoms with E-state index in [9.17, 15) is 0 Å². The smallest absolute Gasteiger partial charge is 0.124 e. The van der Waals surface area contributed by atoms with Crippen molar-refractivity contribution >= 4 is 11.3 Å². The molecule has 1 aromatic rings. The Kier molecular flexibility index (Phi) is 3.09. The first kappa shape index (κ1) is 8.25. The summed E-state index contributed by atoms with van der Waals surface area (Å²) < 4.78 is 0. The predicted molar refractivity (Wildman–Crippen MR) is 47.4 cm³/mol. The molecule has 0 aliphatic carbocycles. The largest absolute Gasteiger partial charge is 0.330 e. The zero-order valence-corrected chi connectivity index (χ0v) is 7.03. The molecule has 0 aliphatic rings. The van der Waals surface area contributed by atoms with Crippen molar-refractivity contribution in [1.29, 1.82) is 0 Å². The van der Waals surface area contributed by atoms with E-state index in [1.165, 1.54) is 0 Å². The van der Waals surface area contributed by atoms with E-state index in [2.05, 4.69) is 10.9 Å². The maximum Gasteiger partial charge on any atom is 0.124 e. The maximum atomic E-state index is 5.35. The summed E-state index contributed by atoms with van der Waals surface area (Å²) in [6, 6.07) is 0. The van der Waals surface area contributed by atoms with Gasteiger partial charge in [0.2, 0.25) is 0 Å². The van der Waals surface area contributed by atoms with Gasteiger partial charge in [-0.1, -0.05) is 0 Å². The van der Waals surface area contributed by atoms with Gasteiger partial charge in [-0.3, -0.25) is 0 Å². The molecule has 2 nitrogen and oxygen atoms in total. The molecule has 0 saturated carbocycles. The molecule has 0 saturated heterocycles. The van der Waals surface area contributed by atoms with Crippen LogP contribution in [0.15, 0.2) is 5.38 Å². The number of rotatable bonds is 3. The molecular formula is C8H10N2S. The Labute approximate surface area is 70.5 Å². The third kappa shape index (κ3) is 2.34. The van der Waals surface area contributed by atoms with E-state index < -0.39 is 0 Å². The van der Waals surface area contributed by atoms with Crippen LogP contribution in [0.3, 0.4) is 0 Å². The summed E-state index contributed by atoms with van der Waals surface area (Å²) in [5.41, 5.74) is 6.09. The average Bonchev–Trinajstić information content (AvgIpc) is 2.48. The average molecular weight is 166 g/mol. The molecule has 1 aromatic heterocycles. The van der Waals surface area contributed by atoms with Crippen molar-refractivity contribution in [1.82, 2.24) is 4.98 Å². The van der Waals surface area contributed by atoms with Crippen molar-refractivity contribution in [3.8, 4) is 12.3 Å². The normalized spacial score (nSPS) is 9.45. The monoisotopic (exact) mass is 166 g/mol. The first-order chi connectivity index (χ1) is 5.36. The fourth-order valence-electron chi connectivity index (χ4n) is 0.745. The van der Waals surface area contributed by atoms with Crippen LogP contribution in [0, 0.1) is 12.3 Å². The molecule has 3 heteroatoms. The molecule has 1 rings (SSSR count). The fraction of sp³-hybridized carbons (Fsp3) is 0.375. The molecule has 0 bridgehead atoms. The van der Waals surface area contributed by atoms with Gasteiger partial charge in [-0.2, -0.15) is 0 Å². The van der Waals surface area contributed by atoms with E-state index in [0.717, 1.165) is 23.5 Å². The Hall–Kier alpha value is -0.850. The Bertz CT molecular complexity index is 259. The third-order valence-electron chi connectivity index (χ3n) is 1.29. The maximum absolute atomic E-state index is 5.35. The molecule has 0 atom stereocenters. The quantitative estimate of drug-likeness (QED) is 0.681. The number of aromatic nitrogens is 1. The standard InChI is InChI=1S/C8H10N2S/c1-2-7-6-11-8(10-7)4-3-5-9/h1,6H,3-5,9H2. The second-order valence-electron chi connectivity index (χ2n) is 2.16. The van der Waals surface area contributed by atoms with Gasteiger partial charge in [0, 0.05) is 11.8 Å². The van der Waals surface area contributed by atoms with Crippen molar-refractivity contribution in [3.05, 3.63) is 16.1 Å². The highest BCUT2D eigenvalue weighted by atomic mass is 32.1. The lowest BCUT2D eigenvalue weighted by Gasteiger charge is -1.89. The molecule has 0 amide bonds. The molecular weight excluding hydrogens is 156 g/mol. The lowest BCUT2D eigenvalue weighted by molar-refractivity contribution is 0.825. The number of thiazole rings is 1.